The summed E-state index contributed by atoms with van der Waals surface area (Å²) in [4.78, 5) is 10.7. The number of rotatable bonds is 4. The maximum Gasteiger partial charge on any atom is 0.309 e. The molecule has 1 aromatic carbocycles. The van der Waals surface area contributed by atoms with Crippen molar-refractivity contribution in [2.24, 2.45) is 0 Å². The zero-order valence-electron chi connectivity index (χ0n) is 9.50. The Bertz CT molecular complexity index is 583. The molecule has 0 saturated carbocycles. The number of ether oxygens (including phenoxy) is 1. The van der Waals surface area contributed by atoms with Gasteiger partial charge in [-0.25, -0.2) is 4.68 Å². The van der Waals surface area contributed by atoms with Crippen LogP contribution >= 0.6 is 15.9 Å². The molecule has 2 aromatic rings. The lowest BCUT2D eigenvalue weighted by Crippen LogP contribution is -2.08. The van der Waals surface area contributed by atoms with Gasteiger partial charge in [0.05, 0.1) is 35.6 Å². The minimum absolute atomic E-state index is 0.128. The van der Waals surface area contributed by atoms with Crippen molar-refractivity contribution in [2.75, 3.05) is 7.11 Å². The first-order valence-corrected chi connectivity index (χ1v) is 5.86. The van der Waals surface area contributed by atoms with Crippen LogP contribution < -0.4 is 4.74 Å². The second-order valence-corrected chi connectivity index (χ2v) is 4.38. The third-order valence-corrected chi connectivity index (χ3v) is 2.95. The number of hydrogen-bond donors (Lipinski definition) is 1. The SMILES string of the molecule is COc1ccc(-n2nncc2CC(=O)O)cc1Br. The van der Waals surface area contributed by atoms with Gasteiger partial charge in [-0.15, -0.1) is 5.10 Å². The van der Waals surface area contributed by atoms with Crippen molar-refractivity contribution in [3.63, 3.8) is 0 Å². The third-order valence-electron chi connectivity index (χ3n) is 2.33. The zero-order chi connectivity index (χ0) is 13.1. The van der Waals surface area contributed by atoms with E-state index in [-0.39, 0.29) is 6.42 Å². The van der Waals surface area contributed by atoms with Crippen LogP contribution in [-0.4, -0.2) is 33.2 Å². The maximum atomic E-state index is 10.7. The Balaban J connectivity index is 2.40. The molecule has 0 aliphatic rings. The first-order valence-electron chi connectivity index (χ1n) is 5.07. The van der Waals surface area contributed by atoms with E-state index in [1.807, 2.05) is 0 Å². The molecule has 0 aliphatic heterocycles. The number of aromatic nitrogens is 3. The van der Waals surface area contributed by atoms with Gasteiger partial charge in [0.25, 0.3) is 0 Å². The Morgan fingerprint density at radius 1 is 1.56 bits per heavy atom. The fourth-order valence-electron chi connectivity index (χ4n) is 1.54. The molecule has 0 unspecified atom stereocenters. The summed E-state index contributed by atoms with van der Waals surface area (Å²) in [6, 6.07) is 5.34. The molecule has 0 saturated heterocycles. The molecule has 0 aliphatic carbocycles. The van der Waals surface area contributed by atoms with Crippen LogP contribution in [0.1, 0.15) is 5.69 Å². The van der Waals surface area contributed by atoms with Gasteiger partial charge in [-0.1, -0.05) is 5.21 Å². The van der Waals surface area contributed by atoms with Crippen LogP contribution in [0.3, 0.4) is 0 Å². The van der Waals surface area contributed by atoms with E-state index in [1.165, 1.54) is 10.9 Å². The Morgan fingerprint density at radius 2 is 2.33 bits per heavy atom. The van der Waals surface area contributed by atoms with Crippen molar-refractivity contribution < 1.29 is 14.6 Å². The lowest BCUT2D eigenvalue weighted by Gasteiger charge is -2.07. The van der Waals surface area contributed by atoms with Crippen LogP contribution in [0.4, 0.5) is 0 Å². The van der Waals surface area contributed by atoms with Gasteiger partial charge >= 0.3 is 5.97 Å². The quantitative estimate of drug-likeness (QED) is 0.929. The van der Waals surface area contributed by atoms with E-state index in [9.17, 15) is 4.79 Å². The van der Waals surface area contributed by atoms with Crippen LogP contribution in [0.5, 0.6) is 5.75 Å². The van der Waals surface area contributed by atoms with Crippen molar-refractivity contribution in [1.29, 1.82) is 0 Å². The molecule has 0 atom stereocenters. The lowest BCUT2D eigenvalue weighted by atomic mass is 10.2. The van der Waals surface area contributed by atoms with Gasteiger partial charge in [-0.3, -0.25) is 4.79 Å². The molecule has 1 N–H and O–H groups in total. The van der Waals surface area contributed by atoms with E-state index >= 15 is 0 Å². The third kappa shape index (κ3) is 2.51. The van der Waals surface area contributed by atoms with E-state index in [0.29, 0.717) is 11.4 Å². The molecule has 0 bridgehead atoms. The minimum Gasteiger partial charge on any atom is -0.496 e. The predicted molar refractivity (Wildman–Crippen MR) is 67.0 cm³/mol. The van der Waals surface area contributed by atoms with E-state index in [2.05, 4.69) is 26.2 Å². The molecule has 1 heterocycles. The summed E-state index contributed by atoms with van der Waals surface area (Å²) in [6.45, 7) is 0. The number of carboxylic acid groups (broad SMARTS) is 1. The highest BCUT2D eigenvalue weighted by atomic mass is 79.9. The predicted octanol–water partition coefficient (Wildman–Crippen LogP) is 1.67. The average Bonchev–Trinajstić information content (AvgIpc) is 2.76. The molecule has 0 amide bonds. The number of halogens is 1. The van der Waals surface area contributed by atoms with Gasteiger partial charge in [-0.2, -0.15) is 0 Å². The van der Waals surface area contributed by atoms with Crippen molar-refractivity contribution in [3.05, 3.63) is 34.6 Å². The average molecular weight is 312 g/mol. The van der Waals surface area contributed by atoms with Crippen molar-refractivity contribution >= 4 is 21.9 Å². The smallest absolute Gasteiger partial charge is 0.309 e. The van der Waals surface area contributed by atoms with Gasteiger partial charge in [0.15, 0.2) is 0 Å². The van der Waals surface area contributed by atoms with Gasteiger partial charge in [0.1, 0.15) is 5.75 Å². The van der Waals surface area contributed by atoms with Gasteiger partial charge in [-0.05, 0) is 34.1 Å². The fraction of sp³-hybridized carbons (Fsp3) is 0.182. The highest BCUT2D eigenvalue weighted by Crippen LogP contribution is 2.27. The van der Waals surface area contributed by atoms with E-state index in [0.717, 1.165) is 10.2 Å². The summed E-state index contributed by atoms with van der Waals surface area (Å²) in [7, 11) is 1.57. The van der Waals surface area contributed by atoms with Gasteiger partial charge in [0, 0.05) is 0 Å². The van der Waals surface area contributed by atoms with Crippen molar-refractivity contribution in [2.45, 2.75) is 6.42 Å². The molecule has 7 heteroatoms. The molecule has 0 spiro atoms. The first-order chi connectivity index (χ1) is 8.61. The Labute approximate surface area is 111 Å². The van der Waals surface area contributed by atoms with E-state index < -0.39 is 5.97 Å². The number of aliphatic carboxylic acids is 1. The normalized spacial score (nSPS) is 10.3. The summed E-state index contributed by atoms with van der Waals surface area (Å²) in [5, 5.41) is 16.4. The summed E-state index contributed by atoms with van der Waals surface area (Å²) in [6.07, 6.45) is 1.31. The second kappa shape index (κ2) is 5.18. The first kappa shape index (κ1) is 12.6. The molecule has 1 aromatic heterocycles. The summed E-state index contributed by atoms with van der Waals surface area (Å²) >= 11 is 3.37. The van der Waals surface area contributed by atoms with Gasteiger partial charge < -0.3 is 9.84 Å². The number of carbonyl (C=O) groups is 1. The van der Waals surface area contributed by atoms with E-state index in [1.54, 1.807) is 25.3 Å². The van der Waals surface area contributed by atoms with Crippen molar-refractivity contribution in [1.82, 2.24) is 15.0 Å². The molecule has 6 nitrogen and oxygen atoms in total. The molecule has 18 heavy (non-hydrogen) atoms. The van der Waals surface area contributed by atoms with Crippen LogP contribution in [0, 0.1) is 0 Å². The molecule has 0 radical (unpaired) electrons. The molecular weight excluding hydrogens is 302 g/mol. The molecule has 2 rings (SSSR count). The molecular formula is C11H10BrN3O3. The van der Waals surface area contributed by atoms with Crippen LogP contribution in [-0.2, 0) is 11.2 Å². The highest BCUT2D eigenvalue weighted by molar-refractivity contribution is 9.10. The fourth-order valence-corrected chi connectivity index (χ4v) is 2.06. The largest absolute Gasteiger partial charge is 0.496 e. The number of benzene rings is 1. The standard InChI is InChI=1S/C11H10BrN3O3/c1-18-10-3-2-7(4-9(10)12)15-8(5-11(16)17)6-13-14-15/h2-4,6H,5H2,1H3,(H,16,17). The monoisotopic (exact) mass is 311 g/mol. The lowest BCUT2D eigenvalue weighted by molar-refractivity contribution is -0.136. The van der Waals surface area contributed by atoms with Gasteiger partial charge in [0.2, 0.25) is 0 Å². The Kier molecular flexibility index (Phi) is 3.61. The summed E-state index contributed by atoms with van der Waals surface area (Å²) in [5.41, 5.74) is 1.23. The zero-order valence-corrected chi connectivity index (χ0v) is 11.1. The Hall–Kier alpha value is -1.89. The molecule has 0 fully saturated rings. The highest BCUT2D eigenvalue weighted by Gasteiger charge is 2.11. The molecule has 94 valence electrons. The van der Waals surface area contributed by atoms with Crippen LogP contribution in [0.25, 0.3) is 5.69 Å². The number of hydrogen-bond acceptors (Lipinski definition) is 4. The Morgan fingerprint density at radius 3 is 2.94 bits per heavy atom. The minimum atomic E-state index is -0.925. The van der Waals surface area contributed by atoms with Crippen LogP contribution in [0.2, 0.25) is 0 Å². The second-order valence-electron chi connectivity index (χ2n) is 3.53. The van der Waals surface area contributed by atoms with Crippen LogP contribution in [0.15, 0.2) is 28.9 Å². The summed E-state index contributed by atoms with van der Waals surface area (Å²) in [5.74, 6) is -0.232. The number of carboxylic acids is 1. The maximum absolute atomic E-state index is 10.7. The number of methoxy groups -OCH3 is 1. The van der Waals surface area contributed by atoms with E-state index in [4.69, 9.17) is 9.84 Å². The topological polar surface area (TPSA) is 77.2 Å². The number of nitrogens with zero attached hydrogens (tertiary/aromatic N) is 3. The van der Waals surface area contributed by atoms with Crippen molar-refractivity contribution in [3.8, 4) is 11.4 Å². The summed E-state index contributed by atoms with van der Waals surface area (Å²) < 4.78 is 7.37.